The minimum absolute atomic E-state index is 0.178. The summed E-state index contributed by atoms with van der Waals surface area (Å²) in [4.78, 5) is 12.3. The molecule has 4 heteroatoms. The molecule has 0 saturated heterocycles. The Hall–Kier alpha value is -1.23. The molecule has 25 heavy (non-hydrogen) atoms. The van der Waals surface area contributed by atoms with Gasteiger partial charge in [0.1, 0.15) is 5.78 Å². The molecule has 0 atom stereocenters. The molecule has 4 nitrogen and oxygen atoms in total. The fourth-order valence-electron chi connectivity index (χ4n) is 3.42. The van der Waals surface area contributed by atoms with Crippen LogP contribution in [0.25, 0.3) is 0 Å². The SMILES string of the molecule is COCC1(C(C)=O)Cc2cc(COC(C)C)c(COC(C)C)cc2C1. The van der Waals surface area contributed by atoms with E-state index < -0.39 is 5.41 Å². The van der Waals surface area contributed by atoms with Gasteiger partial charge in [0, 0.05) is 7.11 Å². The summed E-state index contributed by atoms with van der Waals surface area (Å²) in [5, 5.41) is 0. The van der Waals surface area contributed by atoms with Crippen LogP contribution in [0.3, 0.4) is 0 Å². The van der Waals surface area contributed by atoms with E-state index in [-0.39, 0.29) is 18.0 Å². The van der Waals surface area contributed by atoms with Gasteiger partial charge in [0.2, 0.25) is 0 Å². The van der Waals surface area contributed by atoms with Crippen LogP contribution in [-0.4, -0.2) is 31.7 Å². The molecule has 1 aliphatic rings. The maximum Gasteiger partial charge on any atom is 0.138 e. The van der Waals surface area contributed by atoms with Crippen molar-refractivity contribution in [2.24, 2.45) is 5.41 Å². The minimum atomic E-state index is -0.426. The largest absolute Gasteiger partial charge is 0.384 e. The molecule has 0 saturated carbocycles. The van der Waals surface area contributed by atoms with Crippen molar-refractivity contribution in [1.29, 1.82) is 0 Å². The zero-order valence-corrected chi connectivity index (χ0v) is 16.5. The lowest BCUT2D eigenvalue weighted by molar-refractivity contribution is -0.129. The van der Waals surface area contributed by atoms with Crippen molar-refractivity contribution in [3.63, 3.8) is 0 Å². The van der Waals surface area contributed by atoms with E-state index in [1.54, 1.807) is 14.0 Å². The Bertz CT molecular complexity index is 563. The summed E-state index contributed by atoms with van der Waals surface area (Å²) < 4.78 is 17.0. The summed E-state index contributed by atoms with van der Waals surface area (Å²) in [6.45, 7) is 11.4. The second-order valence-corrected chi connectivity index (χ2v) is 7.73. The fraction of sp³-hybridized carbons (Fsp3) is 0.667. The van der Waals surface area contributed by atoms with Crippen LogP contribution >= 0.6 is 0 Å². The first kappa shape index (κ1) is 20.1. The van der Waals surface area contributed by atoms with E-state index in [2.05, 4.69) is 12.1 Å². The third-order valence-electron chi connectivity index (χ3n) is 4.89. The fourth-order valence-corrected chi connectivity index (χ4v) is 3.42. The molecule has 140 valence electrons. The van der Waals surface area contributed by atoms with Crippen LogP contribution in [0.4, 0.5) is 0 Å². The zero-order valence-electron chi connectivity index (χ0n) is 16.5. The monoisotopic (exact) mass is 348 g/mol. The Kier molecular flexibility index (Phi) is 6.78. The Morgan fingerprint density at radius 2 is 1.44 bits per heavy atom. The third-order valence-corrected chi connectivity index (χ3v) is 4.89. The first-order chi connectivity index (χ1) is 11.8. The van der Waals surface area contributed by atoms with Crippen LogP contribution in [0.1, 0.15) is 56.9 Å². The van der Waals surface area contributed by atoms with E-state index in [0.717, 1.165) is 24.0 Å². The van der Waals surface area contributed by atoms with Gasteiger partial charge in [-0.05, 0) is 69.7 Å². The van der Waals surface area contributed by atoms with Gasteiger partial charge in [0.25, 0.3) is 0 Å². The first-order valence-corrected chi connectivity index (χ1v) is 9.14. The summed E-state index contributed by atoms with van der Waals surface area (Å²) in [6, 6.07) is 4.41. The van der Waals surface area contributed by atoms with Crippen molar-refractivity contribution in [3.8, 4) is 0 Å². The number of fused-ring (bicyclic) bond motifs is 1. The molecule has 0 N–H and O–H groups in total. The standard InChI is InChI=1S/C21H32O4/c1-14(2)24-11-19-7-17-9-21(13-23-6,16(5)22)10-18(17)8-20(19)12-25-15(3)4/h7-8,14-15H,9-13H2,1-6H3. The van der Waals surface area contributed by atoms with E-state index in [4.69, 9.17) is 14.2 Å². The lowest BCUT2D eigenvalue weighted by atomic mass is 9.82. The van der Waals surface area contributed by atoms with Crippen molar-refractivity contribution in [3.05, 3.63) is 34.4 Å². The highest BCUT2D eigenvalue weighted by Gasteiger charge is 2.41. The van der Waals surface area contributed by atoms with E-state index >= 15 is 0 Å². The molecule has 0 spiro atoms. The molecule has 2 rings (SSSR count). The molecule has 0 aliphatic heterocycles. The number of ether oxygens (including phenoxy) is 3. The summed E-state index contributed by atoms with van der Waals surface area (Å²) in [5.41, 5.74) is 4.37. The van der Waals surface area contributed by atoms with Gasteiger partial charge in [-0.3, -0.25) is 4.79 Å². The van der Waals surface area contributed by atoms with Gasteiger partial charge in [0.05, 0.1) is 37.4 Å². The number of benzene rings is 1. The summed E-state index contributed by atoms with van der Waals surface area (Å²) in [7, 11) is 1.66. The Balaban J connectivity index is 2.32. The van der Waals surface area contributed by atoms with Crippen LogP contribution in [0.2, 0.25) is 0 Å². The summed E-state index contributed by atoms with van der Waals surface area (Å²) in [6.07, 6.45) is 1.84. The molecule has 1 aromatic carbocycles. The quantitative estimate of drug-likeness (QED) is 0.680. The summed E-state index contributed by atoms with van der Waals surface area (Å²) >= 11 is 0. The minimum Gasteiger partial charge on any atom is -0.384 e. The molecular formula is C21H32O4. The van der Waals surface area contributed by atoms with Crippen LogP contribution in [-0.2, 0) is 45.1 Å². The maximum atomic E-state index is 12.3. The topological polar surface area (TPSA) is 44.8 Å². The van der Waals surface area contributed by atoms with Gasteiger partial charge < -0.3 is 14.2 Å². The van der Waals surface area contributed by atoms with Gasteiger partial charge in [0.15, 0.2) is 0 Å². The molecule has 0 bridgehead atoms. The Labute approximate surface area is 151 Å². The molecule has 1 aromatic rings. The molecule has 0 radical (unpaired) electrons. The lowest BCUT2D eigenvalue weighted by Crippen LogP contribution is -2.34. The van der Waals surface area contributed by atoms with Crippen LogP contribution in [0.15, 0.2) is 12.1 Å². The number of carbonyl (C=O) groups is 1. The molecule has 0 fully saturated rings. The predicted molar refractivity (Wildman–Crippen MR) is 98.7 cm³/mol. The number of methoxy groups -OCH3 is 1. The average molecular weight is 348 g/mol. The van der Waals surface area contributed by atoms with Gasteiger partial charge >= 0.3 is 0 Å². The highest BCUT2D eigenvalue weighted by atomic mass is 16.5. The number of rotatable bonds is 9. The Morgan fingerprint density at radius 1 is 1.00 bits per heavy atom. The summed E-state index contributed by atoms with van der Waals surface area (Å²) in [5.74, 6) is 0.200. The Morgan fingerprint density at radius 3 is 1.76 bits per heavy atom. The van der Waals surface area contributed by atoms with Crippen molar-refractivity contribution in [1.82, 2.24) is 0 Å². The highest BCUT2D eigenvalue weighted by Crippen LogP contribution is 2.39. The smallest absolute Gasteiger partial charge is 0.138 e. The molecule has 0 aromatic heterocycles. The highest BCUT2D eigenvalue weighted by molar-refractivity contribution is 5.84. The zero-order chi connectivity index (χ0) is 18.6. The van der Waals surface area contributed by atoms with Gasteiger partial charge in [-0.25, -0.2) is 0 Å². The number of Topliss-reactive ketones (excluding diaryl/α,β-unsaturated/α-hetero) is 1. The van der Waals surface area contributed by atoms with Crippen molar-refractivity contribution < 1.29 is 19.0 Å². The molecule has 1 aliphatic carbocycles. The normalized spacial score (nSPS) is 15.8. The molecule has 0 amide bonds. The number of carbonyl (C=O) groups excluding carboxylic acids is 1. The lowest BCUT2D eigenvalue weighted by Gasteiger charge is -2.24. The van der Waals surface area contributed by atoms with E-state index in [9.17, 15) is 4.79 Å². The number of hydrogen-bond donors (Lipinski definition) is 0. The van der Waals surface area contributed by atoms with Crippen molar-refractivity contribution in [2.45, 2.75) is 72.9 Å². The first-order valence-electron chi connectivity index (χ1n) is 9.14. The van der Waals surface area contributed by atoms with Gasteiger partial charge in [-0.1, -0.05) is 12.1 Å². The molecule has 0 heterocycles. The number of hydrogen-bond acceptors (Lipinski definition) is 4. The average Bonchev–Trinajstić information content (AvgIpc) is 2.89. The van der Waals surface area contributed by atoms with Crippen LogP contribution in [0, 0.1) is 5.41 Å². The second-order valence-electron chi connectivity index (χ2n) is 7.73. The number of ketones is 1. The van der Waals surface area contributed by atoms with Crippen LogP contribution in [0.5, 0.6) is 0 Å². The van der Waals surface area contributed by atoms with Crippen LogP contribution < -0.4 is 0 Å². The second kappa shape index (κ2) is 8.43. The predicted octanol–water partition coefficient (Wildman–Crippen LogP) is 3.86. The van der Waals surface area contributed by atoms with Crippen molar-refractivity contribution >= 4 is 5.78 Å². The van der Waals surface area contributed by atoms with Gasteiger partial charge in [-0.2, -0.15) is 0 Å². The van der Waals surface area contributed by atoms with E-state index in [0.29, 0.717) is 19.8 Å². The molecule has 0 unspecified atom stereocenters. The van der Waals surface area contributed by atoms with Crippen molar-refractivity contribution in [2.75, 3.05) is 13.7 Å². The third kappa shape index (κ3) is 4.90. The van der Waals surface area contributed by atoms with Gasteiger partial charge in [-0.15, -0.1) is 0 Å². The maximum absolute atomic E-state index is 12.3. The molecular weight excluding hydrogens is 316 g/mol. The van der Waals surface area contributed by atoms with E-state index in [1.165, 1.54) is 11.1 Å². The van der Waals surface area contributed by atoms with E-state index in [1.807, 2.05) is 27.7 Å².